The molecule has 2 rings (SSSR count). The predicted octanol–water partition coefficient (Wildman–Crippen LogP) is 4.19. The minimum Gasteiger partial charge on any atom is -0.449 e. The molecule has 128 valence electrons. The summed E-state index contributed by atoms with van der Waals surface area (Å²) in [5.74, 6) is -2.41. The van der Waals surface area contributed by atoms with Crippen LogP contribution in [0.25, 0.3) is 0 Å². The molecule has 0 aromatic heterocycles. The Kier molecular flexibility index (Phi) is 5.97. The van der Waals surface area contributed by atoms with Gasteiger partial charge in [-0.3, -0.25) is 4.79 Å². The summed E-state index contributed by atoms with van der Waals surface area (Å²) in [6, 6.07) is 10.1. The van der Waals surface area contributed by atoms with Gasteiger partial charge in [0.15, 0.2) is 6.10 Å². The van der Waals surface area contributed by atoms with Crippen LogP contribution in [0, 0.1) is 17.1 Å². The smallest absolute Gasteiger partial charge is 0.340 e. The fourth-order valence-corrected chi connectivity index (χ4v) is 2.33. The fraction of sp³-hybridized carbons (Fsp3) is 0.118. The number of carbonyl (C=O) groups is 2. The summed E-state index contributed by atoms with van der Waals surface area (Å²) in [6.45, 7) is 1.35. The van der Waals surface area contributed by atoms with Gasteiger partial charge in [-0.25, -0.2) is 9.18 Å². The van der Waals surface area contributed by atoms with Crippen molar-refractivity contribution in [3.05, 3.63) is 63.4 Å². The molecule has 0 aliphatic heterocycles. The van der Waals surface area contributed by atoms with Gasteiger partial charge in [0.2, 0.25) is 0 Å². The monoisotopic (exact) mass is 380 g/mol. The third kappa shape index (κ3) is 4.69. The van der Waals surface area contributed by atoms with Gasteiger partial charge in [0.25, 0.3) is 5.91 Å². The molecule has 2 aromatic carbocycles. The Morgan fingerprint density at radius 2 is 1.96 bits per heavy atom. The van der Waals surface area contributed by atoms with Crippen molar-refractivity contribution in [2.75, 3.05) is 5.32 Å². The lowest BCUT2D eigenvalue weighted by Gasteiger charge is -2.14. The van der Waals surface area contributed by atoms with Crippen LogP contribution in [0.15, 0.2) is 36.4 Å². The summed E-state index contributed by atoms with van der Waals surface area (Å²) in [4.78, 5) is 24.1. The zero-order valence-corrected chi connectivity index (χ0v) is 14.4. The van der Waals surface area contributed by atoms with Gasteiger partial charge in [-0.1, -0.05) is 29.3 Å². The Bertz CT molecular complexity index is 881. The quantitative estimate of drug-likeness (QED) is 0.636. The van der Waals surface area contributed by atoms with Gasteiger partial charge in [0.05, 0.1) is 27.2 Å². The van der Waals surface area contributed by atoms with E-state index in [2.05, 4.69) is 5.32 Å². The van der Waals surface area contributed by atoms with Gasteiger partial charge in [0.1, 0.15) is 5.82 Å². The molecule has 8 heteroatoms. The standard InChI is InChI=1S/C17H11Cl2FN2O3/c1-9(16(23)22-11-4-2-3-10(5-11)8-21)25-17(24)12-6-15(20)14(19)7-13(12)18/h2-7,9H,1H3,(H,22,23)/t9-/m0/s1. The Morgan fingerprint density at radius 3 is 2.64 bits per heavy atom. The van der Waals surface area contributed by atoms with Gasteiger partial charge in [0, 0.05) is 5.69 Å². The average Bonchev–Trinajstić information content (AvgIpc) is 2.58. The molecule has 2 aromatic rings. The van der Waals surface area contributed by atoms with Gasteiger partial charge < -0.3 is 10.1 Å². The van der Waals surface area contributed by atoms with E-state index in [0.717, 1.165) is 12.1 Å². The number of carbonyl (C=O) groups excluding carboxylic acids is 2. The van der Waals surface area contributed by atoms with Gasteiger partial charge in [-0.15, -0.1) is 0 Å². The maximum absolute atomic E-state index is 13.5. The summed E-state index contributed by atoms with van der Waals surface area (Å²) >= 11 is 11.4. The lowest BCUT2D eigenvalue weighted by molar-refractivity contribution is -0.123. The van der Waals surface area contributed by atoms with Crippen LogP contribution in [0.3, 0.4) is 0 Å². The van der Waals surface area contributed by atoms with E-state index >= 15 is 0 Å². The van der Waals surface area contributed by atoms with Crippen LogP contribution in [0.4, 0.5) is 10.1 Å². The van der Waals surface area contributed by atoms with Gasteiger partial charge >= 0.3 is 5.97 Å². The summed E-state index contributed by atoms with van der Waals surface area (Å²) in [5, 5.41) is 11.0. The number of hydrogen-bond acceptors (Lipinski definition) is 4. The van der Waals surface area contributed by atoms with E-state index in [9.17, 15) is 14.0 Å². The Labute approximate surface area is 152 Å². The molecule has 0 heterocycles. The molecule has 1 atom stereocenters. The zero-order valence-electron chi connectivity index (χ0n) is 12.8. The van der Waals surface area contributed by atoms with Crippen molar-refractivity contribution < 1.29 is 18.7 Å². The molecule has 0 saturated heterocycles. The largest absolute Gasteiger partial charge is 0.449 e. The number of nitriles is 1. The SMILES string of the molecule is C[C@H](OC(=O)c1cc(F)c(Cl)cc1Cl)C(=O)Nc1cccc(C#N)c1. The summed E-state index contributed by atoms with van der Waals surface area (Å²) < 4.78 is 18.5. The number of nitrogens with one attached hydrogen (secondary N) is 1. The minimum atomic E-state index is -1.17. The highest BCUT2D eigenvalue weighted by molar-refractivity contribution is 6.36. The van der Waals surface area contributed by atoms with Crippen LogP contribution in [0.5, 0.6) is 0 Å². The molecule has 0 bridgehead atoms. The van der Waals surface area contributed by atoms with Crippen LogP contribution < -0.4 is 5.32 Å². The summed E-state index contributed by atoms with van der Waals surface area (Å²) in [6.07, 6.45) is -1.17. The maximum atomic E-state index is 13.5. The van der Waals surface area contributed by atoms with E-state index in [1.54, 1.807) is 18.2 Å². The van der Waals surface area contributed by atoms with E-state index in [0.29, 0.717) is 11.3 Å². The first kappa shape index (κ1) is 18.7. The van der Waals surface area contributed by atoms with E-state index < -0.39 is 23.8 Å². The molecule has 1 N–H and O–H groups in total. The van der Waals surface area contributed by atoms with E-state index in [1.165, 1.54) is 13.0 Å². The molecule has 1 amide bonds. The number of ether oxygens (including phenoxy) is 1. The maximum Gasteiger partial charge on any atom is 0.340 e. The molecule has 5 nitrogen and oxygen atoms in total. The van der Waals surface area contributed by atoms with Crippen LogP contribution >= 0.6 is 23.2 Å². The lowest BCUT2D eigenvalue weighted by Crippen LogP contribution is -2.30. The number of esters is 1. The van der Waals surface area contributed by atoms with Crippen molar-refractivity contribution in [2.24, 2.45) is 0 Å². The molecule has 0 fully saturated rings. The molecule has 0 radical (unpaired) electrons. The first-order valence-electron chi connectivity index (χ1n) is 6.98. The molecular formula is C17H11Cl2FN2O3. The molecule has 0 saturated carbocycles. The molecule has 0 spiro atoms. The van der Waals surface area contributed by atoms with Crippen molar-refractivity contribution in [1.29, 1.82) is 5.26 Å². The molecule has 0 unspecified atom stereocenters. The normalized spacial score (nSPS) is 11.3. The fourth-order valence-electron chi connectivity index (χ4n) is 1.87. The third-order valence-corrected chi connectivity index (χ3v) is 3.74. The summed E-state index contributed by atoms with van der Waals surface area (Å²) in [7, 11) is 0. The Balaban J connectivity index is 2.07. The van der Waals surface area contributed by atoms with Crippen LogP contribution in [-0.2, 0) is 9.53 Å². The van der Waals surface area contributed by atoms with Crippen LogP contribution in [0.1, 0.15) is 22.8 Å². The molecular weight excluding hydrogens is 370 g/mol. The van der Waals surface area contributed by atoms with Crippen molar-refractivity contribution in [3.8, 4) is 6.07 Å². The number of amides is 1. The summed E-state index contributed by atoms with van der Waals surface area (Å²) in [5.41, 5.74) is 0.503. The van der Waals surface area contributed by atoms with Crippen molar-refractivity contribution in [3.63, 3.8) is 0 Å². The number of hydrogen-bond donors (Lipinski definition) is 1. The minimum absolute atomic E-state index is 0.0919. The van der Waals surface area contributed by atoms with Gasteiger partial charge in [-0.05, 0) is 37.3 Å². The second-order valence-electron chi connectivity index (χ2n) is 4.98. The van der Waals surface area contributed by atoms with Gasteiger partial charge in [-0.2, -0.15) is 5.26 Å². The lowest BCUT2D eigenvalue weighted by atomic mass is 10.2. The second-order valence-corrected chi connectivity index (χ2v) is 5.79. The number of nitrogens with zero attached hydrogens (tertiary/aromatic N) is 1. The van der Waals surface area contributed by atoms with E-state index in [1.807, 2.05) is 6.07 Å². The van der Waals surface area contributed by atoms with Crippen molar-refractivity contribution >= 4 is 40.8 Å². The van der Waals surface area contributed by atoms with Crippen molar-refractivity contribution in [1.82, 2.24) is 0 Å². The van der Waals surface area contributed by atoms with Crippen LogP contribution in [-0.4, -0.2) is 18.0 Å². The molecule has 0 aliphatic carbocycles. The Hall–Kier alpha value is -2.62. The number of anilines is 1. The number of benzene rings is 2. The highest BCUT2D eigenvalue weighted by Crippen LogP contribution is 2.25. The zero-order chi connectivity index (χ0) is 18.6. The Morgan fingerprint density at radius 1 is 1.24 bits per heavy atom. The number of rotatable bonds is 4. The average molecular weight is 381 g/mol. The first-order valence-corrected chi connectivity index (χ1v) is 7.74. The highest BCUT2D eigenvalue weighted by atomic mass is 35.5. The topological polar surface area (TPSA) is 79.2 Å². The number of halogens is 3. The van der Waals surface area contributed by atoms with Crippen molar-refractivity contribution in [2.45, 2.75) is 13.0 Å². The molecule has 25 heavy (non-hydrogen) atoms. The van der Waals surface area contributed by atoms with E-state index in [-0.39, 0.29) is 15.6 Å². The van der Waals surface area contributed by atoms with Crippen LogP contribution in [0.2, 0.25) is 10.0 Å². The molecule has 0 aliphatic rings. The first-order chi connectivity index (χ1) is 11.8. The third-order valence-electron chi connectivity index (χ3n) is 3.14. The van der Waals surface area contributed by atoms with E-state index in [4.69, 9.17) is 33.2 Å². The highest BCUT2D eigenvalue weighted by Gasteiger charge is 2.22. The second kappa shape index (κ2) is 7.97. The predicted molar refractivity (Wildman–Crippen MR) is 91.1 cm³/mol.